The Morgan fingerprint density at radius 3 is 2.35 bits per heavy atom. The Balaban J connectivity index is 2.37. The van der Waals surface area contributed by atoms with E-state index >= 15 is 0 Å². The van der Waals surface area contributed by atoms with Gasteiger partial charge >= 0.3 is 5.97 Å². The molecule has 1 rings (SSSR count). The Labute approximate surface area is 191 Å². The summed E-state index contributed by atoms with van der Waals surface area (Å²) in [6.07, 6.45) is 1.63. The lowest BCUT2D eigenvalue weighted by atomic mass is 10.0. The van der Waals surface area contributed by atoms with E-state index in [2.05, 4.69) is 0 Å². The highest BCUT2D eigenvalue weighted by Crippen LogP contribution is 2.40. The number of carbonyl (C=O) groups excluding carboxylic acids is 5. The molecule has 1 unspecified atom stereocenters. The number of hydrogen-bond acceptors (Lipinski definition) is 9. The standard InChI is InChI=1S/C20H32N2O7S2/c1-14(15(2)23)21(4)16(24)10-11-20(3,13-28-5)31-30-12-6-7-19(27)29-22-17(25)8-9-18(22)26/h14H,6-13H2,1-5H3/t14-,20?/m0/s1. The van der Waals surface area contributed by atoms with Crippen LogP contribution in [-0.4, -0.2) is 76.7 Å². The number of rotatable bonds is 14. The monoisotopic (exact) mass is 476 g/mol. The molecule has 0 spiro atoms. The number of amides is 3. The highest BCUT2D eigenvalue weighted by atomic mass is 33.1. The lowest BCUT2D eigenvalue weighted by Gasteiger charge is -2.29. The molecular weight excluding hydrogens is 444 g/mol. The van der Waals surface area contributed by atoms with E-state index in [4.69, 9.17) is 9.57 Å². The number of Topliss-reactive ketones (excluding diaryl/α,β-unsaturated/α-hetero) is 1. The van der Waals surface area contributed by atoms with E-state index < -0.39 is 23.8 Å². The third-order valence-electron chi connectivity index (χ3n) is 4.95. The highest BCUT2D eigenvalue weighted by Gasteiger charge is 2.33. The van der Waals surface area contributed by atoms with E-state index in [0.717, 1.165) is 0 Å². The molecule has 1 saturated heterocycles. The molecule has 1 aliphatic heterocycles. The van der Waals surface area contributed by atoms with Crippen LogP contribution in [0.4, 0.5) is 0 Å². The van der Waals surface area contributed by atoms with E-state index in [1.54, 1.807) is 42.7 Å². The third-order valence-corrected chi connectivity index (χ3v) is 8.31. The minimum Gasteiger partial charge on any atom is -0.383 e. The Morgan fingerprint density at radius 1 is 1.19 bits per heavy atom. The van der Waals surface area contributed by atoms with E-state index in [9.17, 15) is 24.0 Å². The van der Waals surface area contributed by atoms with E-state index in [1.807, 2.05) is 6.92 Å². The number of methoxy groups -OCH3 is 1. The molecule has 0 aromatic rings. The first-order valence-electron chi connectivity index (χ1n) is 10.1. The number of imide groups is 1. The van der Waals surface area contributed by atoms with Crippen LogP contribution in [-0.2, 0) is 33.5 Å². The van der Waals surface area contributed by atoms with Crippen molar-refractivity contribution in [2.75, 3.05) is 26.5 Å². The summed E-state index contributed by atoms with van der Waals surface area (Å²) in [5, 5.41) is 0.556. The van der Waals surface area contributed by atoms with Gasteiger partial charge in [-0.05, 0) is 33.6 Å². The van der Waals surface area contributed by atoms with Gasteiger partial charge in [-0.25, -0.2) is 4.79 Å². The molecule has 0 aliphatic carbocycles. The average molecular weight is 477 g/mol. The molecule has 0 N–H and O–H groups in total. The fourth-order valence-corrected chi connectivity index (χ4v) is 5.58. The summed E-state index contributed by atoms with van der Waals surface area (Å²) in [5.74, 6) is -1.09. The molecule has 0 bridgehead atoms. The molecular formula is C20H32N2O7S2. The van der Waals surface area contributed by atoms with Crippen molar-refractivity contribution >= 4 is 51.1 Å². The number of hydrogen-bond donors (Lipinski definition) is 0. The van der Waals surface area contributed by atoms with Crippen molar-refractivity contribution in [3.63, 3.8) is 0 Å². The van der Waals surface area contributed by atoms with Crippen molar-refractivity contribution in [2.24, 2.45) is 0 Å². The Hall–Kier alpha value is -1.59. The van der Waals surface area contributed by atoms with Gasteiger partial charge in [0.15, 0.2) is 5.78 Å². The fourth-order valence-electron chi connectivity index (χ4n) is 2.74. The van der Waals surface area contributed by atoms with E-state index in [-0.39, 0.29) is 35.7 Å². The average Bonchev–Trinajstić information content (AvgIpc) is 3.02. The molecule has 0 aromatic heterocycles. The molecule has 11 heteroatoms. The number of ether oxygens (including phenoxy) is 1. The summed E-state index contributed by atoms with van der Waals surface area (Å²) < 4.78 is 5.00. The van der Waals surface area contributed by atoms with E-state index in [1.165, 1.54) is 11.8 Å². The first kappa shape index (κ1) is 27.4. The fraction of sp³-hybridized carbons (Fsp3) is 0.750. The third kappa shape index (κ3) is 9.20. The van der Waals surface area contributed by atoms with Crippen molar-refractivity contribution in [1.82, 2.24) is 9.96 Å². The molecule has 1 aliphatic rings. The lowest BCUT2D eigenvalue weighted by Crippen LogP contribution is -2.40. The zero-order chi connectivity index (χ0) is 23.6. The van der Waals surface area contributed by atoms with E-state index in [0.29, 0.717) is 36.7 Å². The number of ketones is 1. The van der Waals surface area contributed by atoms with Crippen LogP contribution in [0, 0.1) is 0 Å². The van der Waals surface area contributed by atoms with Crippen molar-refractivity contribution in [2.45, 2.75) is 70.1 Å². The number of nitrogens with zero attached hydrogens (tertiary/aromatic N) is 2. The van der Waals surface area contributed by atoms with Crippen LogP contribution < -0.4 is 0 Å². The molecule has 1 heterocycles. The van der Waals surface area contributed by atoms with Gasteiger partial charge in [0.05, 0.1) is 12.6 Å². The summed E-state index contributed by atoms with van der Waals surface area (Å²) in [5.41, 5.74) is 0. The first-order chi connectivity index (χ1) is 14.5. The number of hydroxylamine groups is 2. The Morgan fingerprint density at radius 2 is 1.81 bits per heavy atom. The smallest absolute Gasteiger partial charge is 0.333 e. The quantitative estimate of drug-likeness (QED) is 0.212. The van der Waals surface area contributed by atoms with Crippen LogP contribution in [0.2, 0.25) is 0 Å². The summed E-state index contributed by atoms with van der Waals surface area (Å²) in [4.78, 5) is 64.9. The van der Waals surface area contributed by atoms with Crippen molar-refractivity contribution < 1.29 is 33.5 Å². The summed E-state index contributed by atoms with van der Waals surface area (Å²) in [7, 11) is 6.38. The minimum atomic E-state index is -0.609. The van der Waals surface area contributed by atoms with Crippen LogP contribution in [0.3, 0.4) is 0 Å². The molecule has 2 atom stereocenters. The SMILES string of the molecule is COCC(C)(CCC(=O)N(C)[C@@H](C)C(C)=O)SSCCCC(=O)ON1C(=O)CCC1=O. The van der Waals surface area contributed by atoms with Crippen molar-refractivity contribution in [3.8, 4) is 0 Å². The Bertz CT molecular complexity index is 672. The largest absolute Gasteiger partial charge is 0.383 e. The lowest BCUT2D eigenvalue weighted by molar-refractivity contribution is -0.197. The molecule has 3 amide bonds. The molecule has 9 nitrogen and oxygen atoms in total. The summed E-state index contributed by atoms with van der Waals surface area (Å²) >= 11 is 0. The minimum absolute atomic E-state index is 0.0579. The van der Waals surface area contributed by atoms with Crippen LogP contribution in [0.5, 0.6) is 0 Å². The van der Waals surface area contributed by atoms with Crippen LogP contribution >= 0.6 is 21.6 Å². The molecule has 0 saturated carbocycles. The van der Waals surface area contributed by atoms with Gasteiger partial charge in [0, 0.05) is 50.3 Å². The van der Waals surface area contributed by atoms with Gasteiger partial charge in [0.1, 0.15) is 0 Å². The molecule has 1 fully saturated rings. The highest BCUT2D eigenvalue weighted by molar-refractivity contribution is 8.77. The molecule has 0 aromatic carbocycles. The van der Waals surface area contributed by atoms with Gasteiger partial charge in [-0.2, -0.15) is 0 Å². The first-order valence-corrected chi connectivity index (χ1v) is 12.4. The van der Waals surface area contributed by atoms with Crippen molar-refractivity contribution in [3.05, 3.63) is 0 Å². The van der Waals surface area contributed by atoms with Gasteiger partial charge in [-0.15, -0.1) is 5.06 Å². The summed E-state index contributed by atoms with van der Waals surface area (Å²) in [6, 6.07) is -0.450. The maximum atomic E-state index is 12.4. The molecule has 176 valence electrons. The normalized spacial score (nSPS) is 16.7. The second-order valence-electron chi connectivity index (χ2n) is 7.73. The zero-order valence-corrected chi connectivity index (χ0v) is 20.4. The van der Waals surface area contributed by atoms with Gasteiger partial charge in [-0.1, -0.05) is 21.6 Å². The van der Waals surface area contributed by atoms with Crippen molar-refractivity contribution in [1.29, 1.82) is 0 Å². The predicted molar refractivity (Wildman–Crippen MR) is 119 cm³/mol. The second kappa shape index (κ2) is 13.1. The molecule has 31 heavy (non-hydrogen) atoms. The number of likely N-dealkylation sites (N-methyl/N-ethyl adjacent to an activating group) is 1. The maximum absolute atomic E-state index is 12.4. The van der Waals surface area contributed by atoms with Gasteiger partial charge < -0.3 is 14.5 Å². The second-order valence-corrected chi connectivity index (χ2v) is 10.7. The van der Waals surface area contributed by atoms with Gasteiger partial charge in [0.25, 0.3) is 11.8 Å². The van der Waals surface area contributed by atoms with Gasteiger partial charge in [-0.3, -0.25) is 19.2 Å². The summed E-state index contributed by atoms with van der Waals surface area (Å²) in [6.45, 7) is 5.63. The van der Waals surface area contributed by atoms with Crippen LogP contribution in [0.15, 0.2) is 0 Å². The van der Waals surface area contributed by atoms with Gasteiger partial charge in [0.2, 0.25) is 5.91 Å². The maximum Gasteiger partial charge on any atom is 0.333 e. The van der Waals surface area contributed by atoms with Crippen LogP contribution in [0.25, 0.3) is 0 Å². The topological polar surface area (TPSA) is 110 Å². The predicted octanol–water partition coefficient (Wildman–Crippen LogP) is 2.38. The molecule has 0 radical (unpaired) electrons. The Kier molecular flexibility index (Phi) is 11.6. The van der Waals surface area contributed by atoms with Crippen LogP contribution in [0.1, 0.15) is 59.3 Å². The zero-order valence-electron chi connectivity index (χ0n) is 18.8. The number of carbonyl (C=O) groups is 5.